The van der Waals surface area contributed by atoms with Crippen molar-refractivity contribution in [1.29, 1.82) is 5.26 Å². The summed E-state index contributed by atoms with van der Waals surface area (Å²) >= 11 is 3.04. The Hall–Kier alpha value is -1.45. The minimum Gasteiger partial charge on any atom is -0.334 e. The lowest BCUT2D eigenvalue weighted by Gasteiger charge is -2.36. The Kier molecular flexibility index (Phi) is 4.41. The standard InChI is InChI=1S/C14H15BrFN3O/c1-19-6-4-14(9-17,5-7-19)18-13(20)10-2-3-11(15)12(16)8-10/h2-3,8H,4-7H2,1H3,(H,18,20). The maximum absolute atomic E-state index is 13.4. The number of rotatable bonds is 2. The second kappa shape index (κ2) is 5.90. The Bertz CT molecular complexity index is 562. The number of carbonyl (C=O) groups is 1. The first kappa shape index (κ1) is 14.9. The van der Waals surface area contributed by atoms with Crippen LogP contribution in [0.15, 0.2) is 22.7 Å². The molecule has 0 spiro atoms. The molecule has 106 valence electrons. The van der Waals surface area contributed by atoms with E-state index in [2.05, 4.69) is 32.2 Å². The van der Waals surface area contributed by atoms with Gasteiger partial charge >= 0.3 is 0 Å². The third kappa shape index (κ3) is 3.17. The zero-order chi connectivity index (χ0) is 14.8. The molecule has 0 atom stereocenters. The van der Waals surface area contributed by atoms with Crippen molar-refractivity contribution in [2.24, 2.45) is 0 Å². The van der Waals surface area contributed by atoms with Crippen molar-refractivity contribution in [2.45, 2.75) is 18.4 Å². The Balaban J connectivity index is 2.13. The van der Waals surface area contributed by atoms with Gasteiger partial charge in [-0.3, -0.25) is 4.79 Å². The SMILES string of the molecule is CN1CCC(C#N)(NC(=O)c2ccc(Br)c(F)c2)CC1. The minimum atomic E-state index is -0.854. The highest BCUT2D eigenvalue weighted by Gasteiger charge is 2.35. The zero-order valence-corrected chi connectivity index (χ0v) is 12.7. The van der Waals surface area contributed by atoms with E-state index in [9.17, 15) is 14.4 Å². The lowest BCUT2D eigenvalue weighted by molar-refractivity contribution is 0.0881. The summed E-state index contributed by atoms with van der Waals surface area (Å²) < 4.78 is 13.8. The maximum atomic E-state index is 13.4. The van der Waals surface area contributed by atoms with Gasteiger partial charge in [-0.15, -0.1) is 0 Å². The first-order chi connectivity index (χ1) is 9.46. The Morgan fingerprint density at radius 1 is 1.50 bits per heavy atom. The fourth-order valence-electron chi connectivity index (χ4n) is 2.19. The summed E-state index contributed by atoms with van der Waals surface area (Å²) in [7, 11) is 1.98. The fraction of sp³-hybridized carbons (Fsp3) is 0.429. The number of hydrogen-bond acceptors (Lipinski definition) is 3. The molecule has 20 heavy (non-hydrogen) atoms. The summed E-state index contributed by atoms with van der Waals surface area (Å²) in [4.78, 5) is 14.3. The number of benzene rings is 1. The third-order valence-electron chi connectivity index (χ3n) is 3.59. The van der Waals surface area contributed by atoms with Gasteiger partial charge in [0.05, 0.1) is 10.5 Å². The van der Waals surface area contributed by atoms with E-state index in [-0.39, 0.29) is 5.56 Å². The van der Waals surface area contributed by atoms with Gasteiger partial charge in [0.15, 0.2) is 0 Å². The Labute approximate surface area is 125 Å². The highest BCUT2D eigenvalue weighted by Crippen LogP contribution is 2.22. The van der Waals surface area contributed by atoms with Gasteiger partial charge in [-0.2, -0.15) is 5.26 Å². The number of hydrogen-bond donors (Lipinski definition) is 1. The van der Waals surface area contributed by atoms with Gasteiger partial charge in [0.25, 0.3) is 5.91 Å². The van der Waals surface area contributed by atoms with Crippen LogP contribution in [0.25, 0.3) is 0 Å². The number of likely N-dealkylation sites (tertiary alicyclic amines) is 1. The topological polar surface area (TPSA) is 56.1 Å². The van der Waals surface area contributed by atoms with Crippen molar-refractivity contribution in [2.75, 3.05) is 20.1 Å². The molecule has 1 saturated heterocycles. The number of nitrogens with zero attached hydrogens (tertiary/aromatic N) is 2. The molecule has 1 aliphatic rings. The zero-order valence-electron chi connectivity index (χ0n) is 11.1. The number of amides is 1. The molecule has 1 aromatic carbocycles. The molecular formula is C14H15BrFN3O. The number of nitrogens with one attached hydrogen (secondary N) is 1. The van der Waals surface area contributed by atoms with Crippen molar-refractivity contribution in [3.05, 3.63) is 34.1 Å². The van der Waals surface area contributed by atoms with Crippen LogP contribution in [0.1, 0.15) is 23.2 Å². The van der Waals surface area contributed by atoms with Crippen molar-refractivity contribution in [3.63, 3.8) is 0 Å². The molecular weight excluding hydrogens is 325 g/mol. The van der Waals surface area contributed by atoms with E-state index >= 15 is 0 Å². The first-order valence-corrected chi connectivity index (χ1v) is 7.12. The van der Waals surface area contributed by atoms with Gasteiger partial charge in [-0.05, 0) is 54.0 Å². The summed E-state index contributed by atoms with van der Waals surface area (Å²) in [5, 5.41) is 12.1. The molecule has 1 fully saturated rings. The van der Waals surface area contributed by atoms with Crippen LogP contribution in [0.3, 0.4) is 0 Å². The van der Waals surface area contributed by atoms with E-state index in [1.54, 1.807) is 0 Å². The lowest BCUT2D eigenvalue weighted by Crippen LogP contribution is -2.53. The van der Waals surface area contributed by atoms with E-state index in [4.69, 9.17) is 0 Å². The average Bonchev–Trinajstić information content (AvgIpc) is 2.44. The Morgan fingerprint density at radius 3 is 2.70 bits per heavy atom. The van der Waals surface area contributed by atoms with Gasteiger partial charge in [0.2, 0.25) is 0 Å². The maximum Gasteiger partial charge on any atom is 0.252 e. The predicted octanol–water partition coefficient (Wildman–Crippen LogP) is 2.31. The van der Waals surface area contributed by atoms with E-state index in [0.29, 0.717) is 17.3 Å². The molecule has 4 nitrogen and oxygen atoms in total. The molecule has 2 rings (SSSR count). The molecule has 0 unspecified atom stereocenters. The van der Waals surface area contributed by atoms with Crippen LogP contribution < -0.4 is 5.32 Å². The summed E-state index contributed by atoms with van der Waals surface area (Å²) in [6, 6.07) is 6.38. The number of halogens is 2. The van der Waals surface area contributed by atoms with Gasteiger partial charge in [-0.25, -0.2) is 4.39 Å². The van der Waals surface area contributed by atoms with Crippen LogP contribution in [-0.4, -0.2) is 36.5 Å². The van der Waals surface area contributed by atoms with Crippen LogP contribution in [0.2, 0.25) is 0 Å². The monoisotopic (exact) mass is 339 g/mol. The molecule has 0 saturated carbocycles. The van der Waals surface area contributed by atoms with E-state index in [1.165, 1.54) is 18.2 Å². The molecule has 0 aromatic heterocycles. The van der Waals surface area contributed by atoms with Gasteiger partial charge in [-0.1, -0.05) is 0 Å². The number of piperidine rings is 1. The van der Waals surface area contributed by atoms with Crippen LogP contribution in [0.5, 0.6) is 0 Å². The van der Waals surface area contributed by atoms with E-state index < -0.39 is 17.3 Å². The fourth-order valence-corrected chi connectivity index (χ4v) is 2.44. The molecule has 1 N–H and O–H groups in total. The predicted molar refractivity (Wildman–Crippen MR) is 76.6 cm³/mol. The van der Waals surface area contributed by atoms with Crippen molar-refractivity contribution < 1.29 is 9.18 Å². The minimum absolute atomic E-state index is 0.222. The normalized spacial score (nSPS) is 18.3. The second-order valence-corrected chi connectivity index (χ2v) is 5.93. The first-order valence-electron chi connectivity index (χ1n) is 6.33. The van der Waals surface area contributed by atoms with Crippen molar-refractivity contribution in [3.8, 4) is 6.07 Å². The summed E-state index contributed by atoms with van der Waals surface area (Å²) in [6.45, 7) is 1.51. The molecule has 6 heteroatoms. The Morgan fingerprint density at radius 2 is 2.15 bits per heavy atom. The second-order valence-electron chi connectivity index (χ2n) is 5.08. The summed E-state index contributed by atoms with van der Waals surface area (Å²) in [5.74, 6) is -0.908. The van der Waals surface area contributed by atoms with Crippen molar-refractivity contribution in [1.82, 2.24) is 10.2 Å². The van der Waals surface area contributed by atoms with Crippen LogP contribution >= 0.6 is 15.9 Å². The van der Waals surface area contributed by atoms with Crippen molar-refractivity contribution >= 4 is 21.8 Å². The molecule has 1 heterocycles. The van der Waals surface area contributed by atoms with Gasteiger partial charge in [0.1, 0.15) is 11.4 Å². The molecule has 0 aliphatic carbocycles. The highest BCUT2D eigenvalue weighted by atomic mass is 79.9. The largest absolute Gasteiger partial charge is 0.334 e. The van der Waals surface area contributed by atoms with Crippen LogP contribution in [0, 0.1) is 17.1 Å². The molecule has 0 bridgehead atoms. The molecule has 0 radical (unpaired) electrons. The van der Waals surface area contributed by atoms with Crippen LogP contribution in [0.4, 0.5) is 4.39 Å². The summed E-state index contributed by atoms with van der Waals surface area (Å²) in [5.41, 5.74) is -0.632. The third-order valence-corrected chi connectivity index (χ3v) is 4.23. The van der Waals surface area contributed by atoms with Crippen LogP contribution in [-0.2, 0) is 0 Å². The average molecular weight is 340 g/mol. The highest BCUT2D eigenvalue weighted by molar-refractivity contribution is 9.10. The van der Waals surface area contributed by atoms with E-state index in [0.717, 1.165) is 13.1 Å². The number of nitriles is 1. The smallest absolute Gasteiger partial charge is 0.252 e. The quantitative estimate of drug-likeness (QED) is 0.899. The van der Waals surface area contributed by atoms with Gasteiger partial charge < -0.3 is 10.2 Å². The molecule has 1 aromatic rings. The molecule has 1 aliphatic heterocycles. The van der Waals surface area contributed by atoms with E-state index in [1.807, 2.05) is 7.05 Å². The lowest BCUT2D eigenvalue weighted by atomic mass is 9.89. The van der Waals surface area contributed by atoms with Gasteiger partial charge in [0, 0.05) is 18.7 Å². The molecule has 1 amide bonds. The number of carbonyl (C=O) groups excluding carboxylic acids is 1. The summed E-state index contributed by atoms with van der Waals surface area (Å²) in [6.07, 6.45) is 1.15.